The van der Waals surface area contributed by atoms with E-state index in [1.54, 1.807) is 23.6 Å². The maximum absolute atomic E-state index is 12.2. The van der Waals surface area contributed by atoms with Crippen LogP contribution in [0.25, 0.3) is 0 Å². The highest BCUT2D eigenvalue weighted by atomic mass is 32.1. The first-order valence-electron chi connectivity index (χ1n) is 6.41. The van der Waals surface area contributed by atoms with Crippen molar-refractivity contribution in [3.63, 3.8) is 0 Å². The predicted octanol–water partition coefficient (Wildman–Crippen LogP) is 2.24. The van der Waals surface area contributed by atoms with Crippen molar-refractivity contribution in [1.82, 2.24) is 14.9 Å². The number of carbonyl (C=O) groups excluding carboxylic acids is 1. The molecule has 1 atom stereocenters. The van der Waals surface area contributed by atoms with Crippen LogP contribution in [-0.4, -0.2) is 33.9 Å². The van der Waals surface area contributed by atoms with E-state index in [1.165, 1.54) is 0 Å². The fraction of sp³-hybridized carbons (Fsp3) is 0.357. The van der Waals surface area contributed by atoms with E-state index in [2.05, 4.69) is 9.97 Å². The van der Waals surface area contributed by atoms with Gasteiger partial charge in [0, 0.05) is 37.3 Å². The Kier molecular flexibility index (Phi) is 3.55. The highest BCUT2D eigenvalue weighted by Gasteiger charge is 2.27. The van der Waals surface area contributed by atoms with Crippen LogP contribution in [0.15, 0.2) is 36.0 Å². The first-order chi connectivity index (χ1) is 9.33. The Bertz CT molecular complexity index is 541. The summed E-state index contributed by atoms with van der Waals surface area (Å²) in [6.07, 6.45) is 5.53. The number of amides is 1. The van der Waals surface area contributed by atoms with E-state index < -0.39 is 0 Å². The van der Waals surface area contributed by atoms with Gasteiger partial charge in [-0.3, -0.25) is 9.78 Å². The van der Waals surface area contributed by atoms with Gasteiger partial charge in [0.25, 0.3) is 5.91 Å². The molecule has 1 saturated heterocycles. The number of pyridine rings is 1. The summed E-state index contributed by atoms with van der Waals surface area (Å²) in [5.41, 5.74) is 0.539. The van der Waals surface area contributed by atoms with Crippen LogP contribution >= 0.6 is 11.3 Å². The number of thiazole rings is 1. The molecule has 19 heavy (non-hydrogen) atoms. The maximum Gasteiger partial charge on any atom is 0.272 e. The van der Waals surface area contributed by atoms with Gasteiger partial charge >= 0.3 is 0 Å². The first kappa shape index (κ1) is 12.3. The Balaban J connectivity index is 1.61. The van der Waals surface area contributed by atoms with E-state index in [0.717, 1.165) is 30.9 Å². The van der Waals surface area contributed by atoms with Crippen molar-refractivity contribution < 1.29 is 4.79 Å². The van der Waals surface area contributed by atoms with Gasteiger partial charge in [0.2, 0.25) is 0 Å². The van der Waals surface area contributed by atoms with E-state index in [-0.39, 0.29) is 5.91 Å². The van der Waals surface area contributed by atoms with Crippen molar-refractivity contribution in [2.45, 2.75) is 12.8 Å². The molecule has 2 aromatic rings. The summed E-state index contributed by atoms with van der Waals surface area (Å²) >= 11 is 1.69. The summed E-state index contributed by atoms with van der Waals surface area (Å²) in [7, 11) is 0. The van der Waals surface area contributed by atoms with Crippen LogP contribution in [0, 0.1) is 5.92 Å². The number of likely N-dealkylation sites (tertiary alicyclic amines) is 1. The van der Waals surface area contributed by atoms with Crippen molar-refractivity contribution in [2.24, 2.45) is 5.92 Å². The van der Waals surface area contributed by atoms with E-state index in [0.29, 0.717) is 11.6 Å². The molecule has 0 radical (unpaired) electrons. The van der Waals surface area contributed by atoms with Crippen molar-refractivity contribution in [3.05, 3.63) is 46.7 Å². The molecule has 0 N–H and O–H groups in total. The molecule has 1 fully saturated rings. The Hall–Kier alpha value is -1.75. The highest BCUT2D eigenvalue weighted by Crippen LogP contribution is 2.22. The molecule has 2 aromatic heterocycles. The molecule has 98 valence electrons. The third-order valence-corrected chi connectivity index (χ3v) is 4.21. The standard InChI is InChI=1S/C14H15N3OS/c18-14(12-3-1-2-5-15-12)17-7-4-11(10-17)9-13-16-6-8-19-13/h1-3,5-6,8,11H,4,7,9-10H2/t11-/m1/s1. The van der Waals surface area contributed by atoms with Crippen LogP contribution in [-0.2, 0) is 6.42 Å². The summed E-state index contributed by atoms with van der Waals surface area (Å²) in [5, 5.41) is 3.17. The molecule has 0 bridgehead atoms. The lowest BCUT2D eigenvalue weighted by Gasteiger charge is -2.15. The minimum Gasteiger partial charge on any atom is -0.337 e. The Morgan fingerprint density at radius 2 is 2.32 bits per heavy atom. The molecule has 0 saturated carbocycles. The van der Waals surface area contributed by atoms with Crippen molar-refractivity contribution in [2.75, 3.05) is 13.1 Å². The van der Waals surface area contributed by atoms with E-state index in [1.807, 2.05) is 28.6 Å². The van der Waals surface area contributed by atoms with Crippen LogP contribution < -0.4 is 0 Å². The highest BCUT2D eigenvalue weighted by molar-refractivity contribution is 7.09. The normalized spacial score (nSPS) is 18.7. The summed E-state index contributed by atoms with van der Waals surface area (Å²) in [4.78, 5) is 22.6. The third kappa shape index (κ3) is 2.81. The summed E-state index contributed by atoms with van der Waals surface area (Å²) in [6, 6.07) is 5.45. The van der Waals surface area contributed by atoms with Crippen LogP contribution in [0.5, 0.6) is 0 Å². The number of carbonyl (C=O) groups is 1. The second-order valence-electron chi connectivity index (χ2n) is 4.75. The molecule has 3 rings (SSSR count). The maximum atomic E-state index is 12.2. The first-order valence-corrected chi connectivity index (χ1v) is 7.29. The largest absolute Gasteiger partial charge is 0.337 e. The van der Waals surface area contributed by atoms with Crippen LogP contribution in [0.3, 0.4) is 0 Å². The van der Waals surface area contributed by atoms with Gasteiger partial charge in [-0.2, -0.15) is 0 Å². The van der Waals surface area contributed by atoms with Crippen LogP contribution in [0.1, 0.15) is 21.9 Å². The second-order valence-corrected chi connectivity index (χ2v) is 5.73. The van der Waals surface area contributed by atoms with E-state index in [4.69, 9.17) is 0 Å². The zero-order chi connectivity index (χ0) is 13.1. The number of nitrogens with zero attached hydrogens (tertiary/aromatic N) is 3. The number of aromatic nitrogens is 2. The molecule has 1 amide bonds. The zero-order valence-corrected chi connectivity index (χ0v) is 11.3. The zero-order valence-electron chi connectivity index (χ0n) is 10.5. The number of rotatable bonds is 3. The van der Waals surface area contributed by atoms with Gasteiger partial charge in [-0.25, -0.2) is 4.98 Å². The summed E-state index contributed by atoms with van der Waals surface area (Å²) < 4.78 is 0. The number of hydrogen-bond donors (Lipinski definition) is 0. The average molecular weight is 273 g/mol. The quantitative estimate of drug-likeness (QED) is 0.861. The summed E-state index contributed by atoms with van der Waals surface area (Å²) in [6.45, 7) is 1.64. The van der Waals surface area contributed by atoms with Gasteiger partial charge < -0.3 is 4.90 Å². The van der Waals surface area contributed by atoms with Crippen LogP contribution in [0.4, 0.5) is 0 Å². The minimum absolute atomic E-state index is 0.0437. The lowest BCUT2D eigenvalue weighted by Crippen LogP contribution is -2.29. The Morgan fingerprint density at radius 1 is 1.37 bits per heavy atom. The smallest absolute Gasteiger partial charge is 0.272 e. The Labute approximate surface area is 116 Å². The predicted molar refractivity (Wildman–Crippen MR) is 74.1 cm³/mol. The molecule has 1 aliphatic heterocycles. The molecule has 0 spiro atoms. The monoisotopic (exact) mass is 273 g/mol. The topological polar surface area (TPSA) is 46.1 Å². The number of hydrogen-bond acceptors (Lipinski definition) is 4. The Morgan fingerprint density at radius 3 is 3.05 bits per heavy atom. The molecule has 5 heteroatoms. The lowest BCUT2D eigenvalue weighted by atomic mass is 10.1. The van der Waals surface area contributed by atoms with Crippen molar-refractivity contribution in [1.29, 1.82) is 0 Å². The SMILES string of the molecule is O=C(c1ccccn1)N1CC[C@H](Cc2nccs2)C1. The van der Waals surface area contributed by atoms with Crippen LogP contribution in [0.2, 0.25) is 0 Å². The molecule has 4 nitrogen and oxygen atoms in total. The summed E-state index contributed by atoms with van der Waals surface area (Å²) in [5.74, 6) is 0.570. The molecule has 1 aliphatic rings. The second kappa shape index (κ2) is 5.48. The van der Waals surface area contributed by atoms with Crippen molar-refractivity contribution >= 4 is 17.2 Å². The molecular weight excluding hydrogens is 258 g/mol. The fourth-order valence-electron chi connectivity index (χ4n) is 2.44. The fourth-order valence-corrected chi connectivity index (χ4v) is 3.17. The molecule has 0 aromatic carbocycles. The molecule has 3 heterocycles. The van der Waals surface area contributed by atoms with E-state index in [9.17, 15) is 4.79 Å². The van der Waals surface area contributed by atoms with Gasteiger partial charge in [-0.05, 0) is 24.5 Å². The lowest BCUT2D eigenvalue weighted by molar-refractivity contribution is 0.0781. The van der Waals surface area contributed by atoms with Gasteiger partial charge in [-0.15, -0.1) is 11.3 Å². The van der Waals surface area contributed by atoms with Gasteiger partial charge in [0.1, 0.15) is 5.69 Å². The van der Waals surface area contributed by atoms with Gasteiger partial charge in [0.05, 0.1) is 5.01 Å². The van der Waals surface area contributed by atoms with E-state index >= 15 is 0 Å². The van der Waals surface area contributed by atoms with Gasteiger partial charge in [-0.1, -0.05) is 6.07 Å². The minimum atomic E-state index is 0.0437. The van der Waals surface area contributed by atoms with Crippen molar-refractivity contribution in [3.8, 4) is 0 Å². The molecule has 0 aliphatic carbocycles. The molecular formula is C14H15N3OS. The third-order valence-electron chi connectivity index (χ3n) is 3.40. The molecule has 0 unspecified atom stereocenters. The average Bonchev–Trinajstić information content (AvgIpc) is 3.11. The van der Waals surface area contributed by atoms with Gasteiger partial charge in [0.15, 0.2) is 0 Å².